The van der Waals surface area contributed by atoms with Gasteiger partial charge in [0.05, 0.1) is 23.2 Å². The molecule has 0 fully saturated rings. The first kappa shape index (κ1) is 23.1. The number of hydrogen-bond donors (Lipinski definition) is 1. The zero-order valence-electron chi connectivity index (χ0n) is 17.2. The molecule has 0 aliphatic carbocycles. The summed E-state index contributed by atoms with van der Waals surface area (Å²) in [4.78, 5) is 13.8. The SMILES string of the molecule is CCCN1C(=O)NC(C)c2cc(CS(=O)(=O)Cc3c(F)c(F)c(C)c(F)c3F)ccc21. The second-order valence-electron chi connectivity index (χ2n) is 7.61. The number of nitrogens with zero attached hydrogens (tertiary/aromatic N) is 1. The van der Waals surface area contributed by atoms with Crippen LogP contribution in [0.25, 0.3) is 0 Å². The van der Waals surface area contributed by atoms with Crippen LogP contribution in [0.15, 0.2) is 18.2 Å². The van der Waals surface area contributed by atoms with E-state index in [1.807, 2.05) is 6.92 Å². The molecule has 0 radical (unpaired) electrons. The van der Waals surface area contributed by atoms with E-state index < -0.39 is 55.7 Å². The van der Waals surface area contributed by atoms with E-state index in [0.29, 0.717) is 23.4 Å². The maximum atomic E-state index is 14.1. The topological polar surface area (TPSA) is 66.5 Å². The summed E-state index contributed by atoms with van der Waals surface area (Å²) >= 11 is 0. The summed E-state index contributed by atoms with van der Waals surface area (Å²) in [6.07, 6.45) is 0.720. The Morgan fingerprint density at radius 1 is 1.03 bits per heavy atom. The molecule has 1 unspecified atom stereocenters. The van der Waals surface area contributed by atoms with Crippen LogP contribution in [0, 0.1) is 30.2 Å². The third-order valence-electron chi connectivity index (χ3n) is 5.21. The Hall–Kier alpha value is -2.62. The highest BCUT2D eigenvalue weighted by molar-refractivity contribution is 7.89. The molecule has 0 aromatic heterocycles. The number of amides is 2. The van der Waals surface area contributed by atoms with Gasteiger partial charge in [-0.1, -0.05) is 19.1 Å². The fourth-order valence-electron chi connectivity index (χ4n) is 3.62. The van der Waals surface area contributed by atoms with E-state index >= 15 is 0 Å². The maximum Gasteiger partial charge on any atom is 0.322 e. The zero-order valence-corrected chi connectivity index (χ0v) is 18.0. The smallest absolute Gasteiger partial charge is 0.322 e. The van der Waals surface area contributed by atoms with E-state index in [9.17, 15) is 30.8 Å². The van der Waals surface area contributed by atoms with E-state index in [0.717, 1.165) is 13.3 Å². The minimum Gasteiger partial charge on any atom is -0.331 e. The lowest BCUT2D eigenvalue weighted by atomic mass is 10.0. The van der Waals surface area contributed by atoms with Gasteiger partial charge in [0.15, 0.2) is 33.1 Å². The van der Waals surface area contributed by atoms with Gasteiger partial charge in [0.25, 0.3) is 0 Å². The van der Waals surface area contributed by atoms with Crippen molar-refractivity contribution in [1.29, 1.82) is 0 Å². The summed E-state index contributed by atoms with van der Waals surface area (Å²) in [7, 11) is -4.17. The van der Waals surface area contributed by atoms with E-state index in [-0.39, 0.29) is 12.1 Å². The number of halogens is 4. The molecule has 0 saturated carbocycles. The van der Waals surface area contributed by atoms with Crippen molar-refractivity contribution >= 4 is 21.6 Å². The monoisotopic (exact) mass is 458 g/mol. The lowest BCUT2D eigenvalue weighted by Crippen LogP contribution is -2.46. The third kappa shape index (κ3) is 4.39. The second kappa shape index (κ2) is 8.49. The molecule has 2 aromatic carbocycles. The quantitative estimate of drug-likeness (QED) is 0.506. The van der Waals surface area contributed by atoms with Gasteiger partial charge in [0.1, 0.15) is 0 Å². The molecule has 1 heterocycles. The summed E-state index contributed by atoms with van der Waals surface area (Å²) in [5, 5.41) is 2.79. The van der Waals surface area contributed by atoms with Crippen molar-refractivity contribution in [1.82, 2.24) is 5.32 Å². The number of urea groups is 1. The first-order chi connectivity index (χ1) is 14.5. The Morgan fingerprint density at radius 2 is 1.65 bits per heavy atom. The summed E-state index contributed by atoms with van der Waals surface area (Å²) < 4.78 is 81.0. The molecule has 2 amide bonds. The van der Waals surface area contributed by atoms with Gasteiger partial charge in [-0.3, -0.25) is 4.90 Å². The summed E-state index contributed by atoms with van der Waals surface area (Å²) in [6, 6.07) is 4.11. The van der Waals surface area contributed by atoms with Crippen LogP contribution in [-0.4, -0.2) is 21.0 Å². The number of nitrogens with one attached hydrogen (secondary N) is 1. The van der Waals surface area contributed by atoms with Crippen LogP contribution in [0.1, 0.15) is 48.6 Å². The van der Waals surface area contributed by atoms with Crippen LogP contribution < -0.4 is 10.2 Å². The molecule has 2 aromatic rings. The van der Waals surface area contributed by atoms with Gasteiger partial charge in [-0.2, -0.15) is 0 Å². The second-order valence-corrected chi connectivity index (χ2v) is 9.67. The van der Waals surface area contributed by atoms with Gasteiger partial charge >= 0.3 is 6.03 Å². The van der Waals surface area contributed by atoms with Crippen molar-refractivity contribution in [3.8, 4) is 0 Å². The standard InChI is InChI=1S/C21H22F4N2O3S/c1-4-7-27-16-6-5-13(8-14(16)12(3)26-21(27)28)9-31(29,30)10-15-19(24)17(22)11(2)18(23)20(15)25/h5-6,8,12H,4,7,9-10H2,1-3H3,(H,26,28). The number of carbonyl (C=O) groups is 1. The van der Waals surface area contributed by atoms with Crippen molar-refractivity contribution < 1.29 is 30.8 Å². The number of rotatable bonds is 6. The Morgan fingerprint density at radius 3 is 2.23 bits per heavy atom. The van der Waals surface area contributed by atoms with Crippen LogP contribution in [0.2, 0.25) is 0 Å². The number of hydrogen-bond acceptors (Lipinski definition) is 3. The summed E-state index contributed by atoms with van der Waals surface area (Å²) in [5.74, 6) is -8.43. The fourth-order valence-corrected chi connectivity index (χ4v) is 5.10. The van der Waals surface area contributed by atoms with E-state index in [1.54, 1.807) is 24.0 Å². The van der Waals surface area contributed by atoms with Crippen molar-refractivity contribution in [2.24, 2.45) is 0 Å². The summed E-state index contributed by atoms with van der Waals surface area (Å²) in [6.45, 7) is 5.01. The van der Waals surface area contributed by atoms with Gasteiger partial charge < -0.3 is 5.32 Å². The average molecular weight is 458 g/mol. The highest BCUT2D eigenvalue weighted by Gasteiger charge is 2.30. The van der Waals surface area contributed by atoms with Crippen LogP contribution in [0.4, 0.5) is 28.0 Å². The number of fused-ring (bicyclic) bond motifs is 1. The lowest BCUT2D eigenvalue weighted by Gasteiger charge is -2.34. The van der Waals surface area contributed by atoms with Crippen molar-refractivity contribution in [2.45, 2.75) is 44.7 Å². The predicted octanol–water partition coefficient (Wildman–Crippen LogP) is 4.67. The first-order valence-electron chi connectivity index (χ1n) is 9.69. The molecule has 168 valence electrons. The van der Waals surface area contributed by atoms with E-state index in [4.69, 9.17) is 0 Å². The molecule has 5 nitrogen and oxygen atoms in total. The van der Waals surface area contributed by atoms with E-state index in [1.165, 1.54) is 6.07 Å². The van der Waals surface area contributed by atoms with Gasteiger partial charge in [-0.25, -0.2) is 30.8 Å². The van der Waals surface area contributed by atoms with Gasteiger partial charge in [-0.05, 0) is 37.5 Å². The molecule has 1 aliphatic rings. The van der Waals surface area contributed by atoms with E-state index in [2.05, 4.69) is 5.32 Å². The number of sulfone groups is 1. The normalized spacial score (nSPS) is 16.3. The molecule has 0 saturated heterocycles. The Bertz CT molecular complexity index is 1120. The number of benzene rings is 2. The Kier molecular flexibility index (Phi) is 6.31. The van der Waals surface area contributed by atoms with Crippen LogP contribution >= 0.6 is 0 Å². The minimum atomic E-state index is -4.17. The highest BCUT2D eigenvalue weighted by atomic mass is 32.2. The maximum absolute atomic E-state index is 14.1. The third-order valence-corrected chi connectivity index (χ3v) is 6.71. The summed E-state index contributed by atoms with van der Waals surface area (Å²) in [5.41, 5.74) is -0.330. The molecule has 1 aliphatic heterocycles. The fraction of sp³-hybridized carbons (Fsp3) is 0.381. The molecule has 3 rings (SSSR count). The van der Waals surface area contributed by atoms with Crippen molar-refractivity contribution in [3.05, 3.63) is 63.7 Å². The molecule has 1 N–H and O–H groups in total. The van der Waals surface area contributed by atoms with Gasteiger partial charge in [0.2, 0.25) is 0 Å². The molecular weight excluding hydrogens is 436 g/mol. The predicted molar refractivity (Wildman–Crippen MR) is 108 cm³/mol. The molecule has 10 heteroatoms. The Balaban J connectivity index is 1.92. The van der Waals surface area contributed by atoms with Gasteiger partial charge in [0, 0.05) is 17.7 Å². The number of anilines is 1. The molecule has 31 heavy (non-hydrogen) atoms. The zero-order chi connectivity index (χ0) is 23.1. The van der Waals surface area contributed by atoms with Crippen LogP contribution in [0.5, 0.6) is 0 Å². The highest BCUT2D eigenvalue weighted by Crippen LogP contribution is 2.33. The van der Waals surface area contributed by atoms with Crippen molar-refractivity contribution in [3.63, 3.8) is 0 Å². The largest absolute Gasteiger partial charge is 0.331 e. The minimum absolute atomic E-state index is 0.253. The number of carbonyl (C=O) groups excluding carboxylic acids is 1. The van der Waals surface area contributed by atoms with Crippen LogP contribution in [0.3, 0.4) is 0 Å². The molecule has 0 bridgehead atoms. The molecule has 0 spiro atoms. The van der Waals surface area contributed by atoms with Crippen LogP contribution in [-0.2, 0) is 21.3 Å². The Labute approximate surface area is 178 Å². The van der Waals surface area contributed by atoms with Crippen molar-refractivity contribution in [2.75, 3.05) is 11.4 Å². The first-order valence-corrected chi connectivity index (χ1v) is 11.5. The average Bonchev–Trinajstić information content (AvgIpc) is 2.71. The van der Waals surface area contributed by atoms with Gasteiger partial charge in [-0.15, -0.1) is 0 Å². The molecular formula is C21H22F4N2O3S. The lowest BCUT2D eigenvalue weighted by molar-refractivity contribution is 0.241. The molecule has 1 atom stereocenters.